The molecule has 0 radical (unpaired) electrons. The van der Waals surface area contributed by atoms with Crippen molar-refractivity contribution in [3.05, 3.63) is 210 Å². The van der Waals surface area contributed by atoms with E-state index >= 15 is 0 Å². The third kappa shape index (κ3) is 7.20. The van der Waals surface area contributed by atoms with Gasteiger partial charge in [0.25, 0.3) is 0 Å². The second-order valence-electron chi connectivity index (χ2n) is 12.9. The number of aryl methyl sites for hydroxylation is 2. The van der Waals surface area contributed by atoms with Crippen molar-refractivity contribution in [2.45, 2.75) is 19.9 Å². The first-order chi connectivity index (χ1) is 25.5. The number of nitrogens with zero attached hydrogens (tertiary/aromatic N) is 3. The third-order valence-corrected chi connectivity index (χ3v) is 9.34. The Morgan fingerprint density at radius 3 is 1.85 bits per heavy atom. The average Bonchev–Trinajstić information content (AvgIpc) is 3.53. The standard InChI is InChI=1S/C32H26N2.C16H16N2/c1-23-11-10-14-26(21-23)33-20-19-32-29(22-24(2)27-15-6-8-17-30(27)33)28-16-7-9-18-31(28)34(32)25-12-4-3-5-13-25;1-18-16(14-10-6-3-7-11-14)12-15(17)13-8-4-2-5-9-13/h3-22H,1-2H3;2-12,15H,1,17H2/b;16-12-. The molecule has 6 aromatic carbocycles. The van der Waals surface area contributed by atoms with Crippen LogP contribution in [0.25, 0.3) is 49.8 Å². The number of nitrogens with two attached hydrogens (primary N) is 1. The summed E-state index contributed by atoms with van der Waals surface area (Å²) in [4.78, 5) is 4.05. The lowest BCUT2D eigenvalue weighted by Gasteiger charge is -2.11. The van der Waals surface area contributed by atoms with Gasteiger partial charge in [-0.05, 0) is 97.4 Å². The third-order valence-electron chi connectivity index (χ3n) is 9.34. The molecule has 0 aliphatic heterocycles. The van der Waals surface area contributed by atoms with Gasteiger partial charge in [-0.1, -0.05) is 127 Å². The number of aromatic nitrogens is 2. The fourth-order valence-corrected chi connectivity index (χ4v) is 6.79. The van der Waals surface area contributed by atoms with E-state index in [2.05, 4.69) is 156 Å². The maximum Gasteiger partial charge on any atom is 0.0673 e. The van der Waals surface area contributed by atoms with Gasteiger partial charge in [-0.25, -0.2) is 0 Å². The summed E-state index contributed by atoms with van der Waals surface area (Å²) in [5.41, 5.74) is 17.4. The van der Waals surface area contributed by atoms with Crippen molar-refractivity contribution < 1.29 is 0 Å². The smallest absolute Gasteiger partial charge is 0.0673 e. The number of rotatable bonds is 6. The molecule has 254 valence electrons. The number of fused-ring (bicyclic) bond motifs is 4. The molecular weight excluding hydrogens is 633 g/mol. The van der Waals surface area contributed by atoms with Crippen LogP contribution in [0.15, 0.2) is 193 Å². The normalized spacial score (nSPS) is 11.9. The molecule has 8 rings (SSSR count). The Balaban J connectivity index is 0.000000198. The van der Waals surface area contributed by atoms with Crippen LogP contribution in [0.3, 0.4) is 0 Å². The summed E-state index contributed by atoms with van der Waals surface area (Å²) in [6, 6.07) is 61.0. The van der Waals surface area contributed by atoms with E-state index in [0.29, 0.717) is 0 Å². The van der Waals surface area contributed by atoms with Crippen molar-refractivity contribution in [1.29, 1.82) is 0 Å². The summed E-state index contributed by atoms with van der Waals surface area (Å²) in [6.45, 7) is 7.97. The van der Waals surface area contributed by atoms with Crippen LogP contribution in [0, 0.1) is 13.8 Å². The highest BCUT2D eigenvalue weighted by Crippen LogP contribution is 2.33. The van der Waals surface area contributed by atoms with Crippen molar-refractivity contribution >= 4 is 45.1 Å². The highest BCUT2D eigenvalue weighted by Gasteiger charge is 2.12. The molecule has 0 amide bonds. The largest absolute Gasteiger partial charge is 0.321 e. The lowest BCUT2D eigenvalue weighted by molar-refractivity contribution is 0.911. The van der Waals surface area contributed by atoms with Crippen molar-refractivity contribution in [2.24, 2.45) is 10.7 Å². The van der Waals surface area contributed by atoms with Gasteiger partial charge in [0.2, 0.25) is 0 Å². The second-order valence-corrected chi connectivity index (χ2v) is 12.9. The molecule has 0 saturated carbocycles. The van der Waals surface area contributed by atoms with E-state index in [1.165, 1.54) is 43.8 Å². The van der Waals surface area contributed by atoms with Crippen molar-refractivity contribution in [2.75, 3.05) is 0 Å². The van der Waals surface area contributed by atoms with E-state index in [1.54, 1.807) is 0 Å². The molecule has 2 N–H and O–H groups in total. The Morgan fingerprint density at radius 1 is 0.577 bits per heavy atom. The summed E-state index contributed by atoms with van der Waals surface area (Å²) < 4.78 is 4.68. The maximum absolute atomic E-state index is 6.14. The van der Waals surface area contributed by atoms with E-state index < -0.39 is 0 Å². The zero-order valence-corrected chi connectivity index (χ0v) is 29.6. The van der Waals surface area contributed by atoms with Crippen molar-refractivity contribution in [1.82, 2.24) is 9.13 Å². The molecule has 4 heteroatoms. The molecule has 52 heavy (non-hydrogen) atoms. The molecule has 0 fully saturated rings. The van der Waals surface area contributed by atoms with Crippen LogP contribution in [-0.4, -0.2) is 15.9 Å². The van der Waals surface area contributed by atoms with Gasteiger partial charge < -0.3 is 14.9 Å². The molecule has 0 spiro atoms. The van der Waals surface area contributed by atoms with E-state index in [-0.39, 0.29) is 6.04 Å². The van der Waals surface area contributed by atoms with Gasteiger partial charge in [0.1, 0.15) is 0 Å². The number of para-hydroxylation sites is 3. The molecule has 0 bridgehead atoms. The Bertz CT molecular complexity index is 2560. The first kappa shape index (κ1) is 34.0. The van der Waals surface area contributed by atoms with Crippen LogP contribution in [-0.2, 0) is 0 Å². The molecule has 0 saturated heterocycles. The summed E-state index contributed by atoms with van der Waals surface area (Å²) in [5.74, 6) is 0. The minimum atomic E-state index is -0.174. The summed E-state index contributed by atoms with van der Waals surface area (Å²) in [6.07, 6.45) is 4.15. The van der Waals surface area contributed by atoms with Crippen LogP contribution in [0.2, 0.25) is 0 Å². The van der Waals surface area contributed by atoms with Gasteiger partial charge in [-0.3, -0.25) is 4.99 Å². The second kappa shape index (κ2) is 15.6. The van der Waals surface area contributed by atoms with E-state index in [9.17, 15) is 0 Å². The molecule has 4 nitrogen and oxygen atoms in total. The summed E-state index contributed by atoms with van der Waals surface area (Å²) in [7, 11) is 0. The van der Waals surface area contributed by atoms with Crippen LogP contribution in [0.4, 0.5) is 0 Å². The van der Waals surface area contributed by atoms with E-state index in [4.69, 9.17) is 5.73 Å². The monoisotopic (exact) mass is 674 g/mol. The quantitative estimate of drug-likeness (QED) is 0.175. The van der Waals surface area contributed by atoms with Gasteiger partial charge >= 0.3 is 0 Å². The van der Waals surface area contributed by atoms with Gasteiger partial charge in [0, 0.05) is 33.7 Å². The average molecular weight is 675 g/mol. The Morgan fingerprint density at radius 2 is 1.15 bits per heavy atom. The number of hydrogen-bond acceptors (Lipinski definition) is 2. The minimum Gasteiger partial charge on any atom is -0.321 e. The zero-order valence-electron chi connectivity index (χ0n) is 29.6. The van der Waals surface area contributed by atoms with Crippen LogP contribution in [0.5, 0.6) is 0 Å². The zero-order chi connectivity index (χ0) is 35.9. The SMILES string of the molecule is C=N/C(=C\C(N)c1ccccc1)c1ccccc1.Cc1cccc(-n2ccc3c(cc(C)c4ccccc42)c2ccccc2n3-c2ccccc2)c1. The van der Waals surface area contributed by atoms with Gasteiger partial charge in [0.05, 0.1) is 28.3 Å². The molecule has 0 aliphatic rings. The molecule has 2 aromatic heterocycles. The van der Waals surface area contributed by atoms with E-state index in [0.717, 1.165) is 28.2 Å². The lowest BCUT2D eigenvalue weighted by Crippen LogP contribution is -2.07. The predicted octanol–water partition coefficient (Wildman–Crippen LogP) is 11.9. The molecule has 1 unspecified atom stereocenters. The Hall–Kier alpha value is -6.49. The van der Waals surface area contributed by atoms with Crippen LogP contribution in [0.1, 0.15) is 28.3 Å². The topological polar surface area (TPSA) is 48.2 Å². The minimum absolute atomic E-state index is 0.174. The first-order valence-corrected chi connectivity index (χ1v) is 17.6. The Labute approximate surface area is 305 Å². The molecular formula is C48H42N4. The van der Waals surface area contributed by atoms with Crippen LogP contribution < -0.4 is 5.73 Å². The fraction of sp³-hybridized carbons (Fsp3) is 0.0625. The van der Waals surface area contributed by atoms with Crippen molar-refractivity contribution in [3.63, 3.8) is 0 Å². The summed E-state index contributed by atoms with van der Waals surface area (Å²) in [5, 5.41) is 3.74. The highest BCUT2D eigenvalue weighted by molar-refractivity contribution is 6.09. The Kier molecular flexibility index (Phi) is 10.2. The lowest BCUT2D eigenvalue weighted by atomic mass is 10.0. The predicted molar refractivity (Wildman–Crippen MR) is 222 cm³/mol. The number of hydrogen-bond donors (Lipinski definition) is 1. The fourth-order valence-electron chi connectivity index (χ4n) is 6.79. The van der Waals surface area contributed by atoms with Crippen LogP contribution >= 0.6 is 0 Å². The van der Waals surface area contributed by atoms with E-state index in [1.807, 2.05) is 66.7 Å². The molecule has 1 atom stereocenters. The summed E-state index contributed by atoms with van der Waals surface area (Å²) >= 11 is 0. The van der Waals surface area contributed by atoms with Gasteiger partial charge in [0.15, 0.2) is 0 Å². The van der Waals surface area contributed by atoms with Crippen molar-refractivity contribution in [3.8, 4) is 11.4 Å². The van der Waals surface area contributed by atoms with Gasteiger partial charge in [-0.2, -0.15) is 0 Å². The molecule has 8 aromatic rings. The van der Waals surface area contributed by atoms with Gasteiger partial charge in [-0.15, -0.1) is 0 Å². The number of aliphatic imine (C=N–C) groups is 1. The maximum atomic E-state index is 6.14. The number of benzene rings is 6. The highest BCUT2D eigenvalue weighted by atomic mass is 15.0. The molecule has 2 heterocycles. The molecule has 0 aliphatic carbocycles. The first-order valence-electron chi connectivity index (χ1n) is 17.6.